The first-order valence-electron chi connectivity index (χ1n) is 6.66. The molecule has 5 nitrogen and oxygen atoms in total. The minimum absolute atomic E-state index is 0.0115. The van der Waals surface area contributed by atoms with Gasteiger partial charge in [-0.2, -0.15) is 4.98 Å². The summed E-state index contributed by atoms with van der Waals surface area (Å²) in [6.45, 7) is 10.1. The van der Waals surface area contributed by atoms with Gasteiger partial charge in [-0.25, -0.2) is 0 Å². The molecule has 2 rings (SSSR count). The third-order valence-corrected chi connectivity index (χ3v) is 3.22. The van der Waals surface area contributed by atoms with Gasteiger partial charge in [-0.3, -0.25) is 5.32 Å². The van der Waals surface area contributed by atoms with Crippen LogP contribution in [0.15, 0.2) is 15.0 Å². The Kier molecular flexibility index (Phi) is 4.04. The smallest absolute Gasteiger partial charge is 0.243 e. The minimum Gasteiger partial charge on any atom is -0.466 e. The van der Waals surface area contributed by atoms with Crippen molar-refractivity contribution in [3.8, 4) is 0 Å². The molecule has 0 unspecified atom stereocenters. The summed E-state index contributed by atoms with van der Waals surface area (Å²) in [5, 5.41) is 7.36. The van der Waals surface area contributed by atoms with Crippen molar-refractivity contribution in [2.45, 2.75) is 53.1 Å². The number of hydrogen-bond acceptors (Lipinski definition) is 5. The topological polar surface area (TPSA) is 64.1 Å². The number of furan rings is 1. The van der Waals surface area contributed by atoms with Crippen LogP contribution in [-0.2, 0) is 6.42 Å². The van der Waals surface area contributed by atoms with Gasteiger partial charge >= 0.3 is 0 Å². The molecule has 0 aliphatic rings. The molecule has 0 radical (unpaired) electrons. The zero-order valence-corrected chi connectivity index (χ0v) is 12.2. The van der Waals surface area contributed by atoms with Gasteiger partial charge in [0.15, 0.2) is 5.82 Å². The van der Waals surface area contributed by atoms with Crippen LogP contribution < -0.4 is 5.32 Å². The Morgan fingerprint density at radius 2 is 2.00 bits per heavy atom. The summed E-state index contributed by atoms with van der Waals surface area (Å²) in [6.07, 6.45) is 0.784. The number of hydrogen-bond donors (Lipinski definition) is 1. The number of nitrogens with zero attached hydrogens (tertiary/aromatic N) is 2. The van der Waals surface area contributed by atoms with Crippen LogP contribution in [0, 0.1) is 13.8 Å². The van der Waals surface area contributed by atoms with Crippen LogP contribution >= 0.6 is 0 Å². The highest BCUT2D eigenvalue weighted by Crippen LogP contribution is 2.23. The average molecular weight is 263 g/mol. The third-order valence-electron chi connectivity index (χ3n) is 3.22. The maximum absolute atomic E-state index is 5.55. The molecule has 0 aromatic carbocycles. The van der Waals surface area contributed by atoms with E-state index in [1.54, 1.807) is 0 Å². The van der Waals surface area contributed by atoms with E-state index in [0.29, 0.717) is 5.89 Å². The Bertz CT molecular complexity index is 545. The van der Waals surface area contributed by atoms with Crippen molar-refractivity contribution in [3.05, 3.63) is 34.9 Å². The molecule has 0 fully saturated rings. The van der Waals surface area contributed by atoms with E-state index in [1.165, 1.54) is 5.56 Å². The van der Waals surface area contributed by atoms with Crippen LogP contribution in [0.3, 0.4) is 0 Å². The second-order valence-electron chi connectivity index (χ2n) is 4.88. The standard InChI is InChI=1S/C14H21N3O2/c1-6-13-16-14(19-17-13)10(4)15-9(3)12-7-8(2)18-11(12)5/h7,9-10,15H,6H2,1-5H3/t9-,10-/m0/s1. The lowest BCUT2D eigenvalue weighted by Crippen LogP contribution is -2.23. The van der Waals surface area contributed by atoms with Crippen molar-refractivity contribution in [1.82, 2.24) is 15.5 Å². The van der Waals surface area contributed by atoms with Gasteiger partial charge in [0, 0.05) is 18.0 Å². The maximum Gasteiger partial charge on any atom is 0.243 e. The lowest BCUT2D eigenvalue weighted by atomic mass is 10.1. The molecule has 2 aromatic rings. The predicted molar refractivity (Wildman–Crippen MR) is 71.8 cm³/mol. The van der Waals surface area contributed by atoms with Crippen molar-refractivity contribution < 1.29 is 8.94 Å². The minimum atomic E-state index is 0.0115. The molecule has 19 heavy (non-hydrogen) atoms. The highest BCUT2D eigenvalue weighted by Gasteiger charge is 2.19. The first-order valence-corrected chi connectivity index (χ1v) is 6.66. The summed E-state index contributed by atoms with van der Waals surface area (Å²) in [6, 6.07) is 2.24. The summed E-state index contributed by atoms with van der Waals surface area (Å²) in [4.78, 5) is 4.34. The maximum atomic E-state index is 5.55. The quantitative estimate of drug-likeness (QED) is 0.897. The molecule has 5 heteroatoms. The predicted octanol–water partition coefficient (Wildman–Crippen LogP) is 3.25. The van der Waals surface area contributed by atoms with Crippen LogP contribution in [0.5, 0.6) is 0 Å². The Labute approximate surface area is 113 Å². The van der Waals surface area contributed by atoms with Gasteiger partial charge in [0.2, 0.25) is 5.89 Å². The summed E-state index contributed by atoms with van der Waals surface area (Å²) < 4.78 is 10.8. The molecule has 1 N–H and O–H groups in total. The van der Waals surface area contributed by atoms with Crippen LogP contribution in [0.25, 0.3) is 0 Å². The molecule has 2 heterocycles. The summed E-state index contributed by atoms with van der Waals surface area (Å²) >= 11 is 0. The van der Waals surface area contributed by atoms with Crippen molar-refractivity contribution in [2.24, 2.45) is 0 Å². The first-order chi connectivity index (χ1) is 9.01. The molecule has 0 saturated heterocycles. The van der Waals surface area contributed by atoms with Gasteiger partial charge < -0.3 is 8.94 Å². The summed E-state index contributed by atoms with van der Waals surface area (Å²) in [5.74, 6) is 3.25. The van der Waals surface area contributed by atoms with Crippen LogP contribution in [0.2, 0.25) is 0 Å². The lowest BCUT2D eigenvalue weighted by molar-refractivity contribution is 0.324. The number of aryl methyl sites for hydroxylation is 3. The van der Waals surface area contributed by atoms with Gasteiger partial charge in [0.25, 0.3) is 0 Å². The molecular formula is C14H21N3O2. The van der Waals surface area contributed by atoms with E-state index in [0.717, 1.165) is 23.8 Å². The molecule has 2 aromatic heterocycles. The Morgan fingerprint density at radius 3 is 2.53 bits per heavy atom. The van der Waals surface area contributed by atoms with Gasteiger partial charge in [-0.1, -0.05) is 12.1 Å². The third kappa shape index (κ3) is 3.04. The Morgan fingerprint density at radius 1 is 1.26 bits per heavy atom. The molecule has 2 atom stereocenters. The Balaban J connectivity index is 2.06. The molecular weight excluding hydrogens is 242 g/mol. The molecule has 104 valence electrons. The first kappa shape index (κ1) is 13.8. The Hall–Kier alpha value is -1.62. The summed E-state index contributed by atoms with van der Waals surface area (Å²) in [5.41, 5.74) is 1.17. The zero-order valence-electron chi connectivity index (χ0n) is 12.2. The molecule has 0 spiro atoms. The van der Waals surface area contributed by atoms with E-state index in [4.69, 9.17) is 8.94 Å². The fourth-order valence-electron chi connectivity index (χ4n) is 2.20. The van der Waals surface area contributed by atoms with E-state index in [1.807, 2.05) is 27.7 Å². The van der Waals surface area contributed by atoms with Crippen LogP contribution in [0.4, 0.5) is 0 Å². The van der Waals surface area contributed by atoms with Crippen molar-refractivity contribution in [2.75, 3.05) is 0 Å². The SMILES string of the molecule is CCc1noc([C@H](C)N[C@@H](C)c2cc(C)oc2C)n1. The van der Waals surface area contributed by atoms with Gasteiger partial charge in [-0.15, -0.1) is 0 Å². The van der Waals surface area contributed by atoms with Crippen molar-refractivity contribution in [3.63, 3.8) is 0 Å². The van der Waals surface area contributed by atoms with Crippen LogP contribution in [0.1, 0.15) is 61.7 Å². The number of aromatic nitrogens is 2. The molecule has 0 aliphatic carbocycles. The molecule has 0 bridgehead atoms. The fourth-order valence-corrected chi connectivity index (χ4v) is 2.20. The van der Waals surface area contributed by atoms with E-state index >= 15 is 0 Å². The van der Waals surface area contributed by atoms with Crippen LogP contribution in [-0.4, -0.2) is 10.1 Å². The van der Waals surface area contributed by atoms with Gasteiger partial charge in [0.05, 0.1) is 6.04 Å². The average Bonchev–Trinajstić information content (AvgIpc) is 2.95. The number of nitrogens with one attached hydrogen (secondary N) is 1. The molecule has 0 saturated carbocycles. The highest BCUT2D eigenvalue weighted by molar-refractivity contribution is 5.23. The monoisotopic (exact) mass is 263 g/mol. The van der Waals surface area contributed by atoms with E-state index < -0.39 is 0 Å². The van der Waals surface area contributed by atoms with E-state index in [2.05, 4.69) is 28.4 Å². The lowest BCUT2D eigenvalue weighted by Gasteiger charge is -2.16. The number of rotatable bonds is 5. The summed E-state index contributed by atoms with van der Waals surface area (Å²) in [7, 11) is 0. The second-order valence-corrected chi connectivity index (χ2v) is 4.88. The molecule has 0 amide bonds. The normalized spacial score (nSPS) is 14.6. The van der Waals surface area contributed by atoms with Crippen molar-refractivity contribution >= 4 is 0 Å². The van der Waals surface area contributed by atoms with Gasteiger partial charge in [-0.05, 0) is 33.8 Å². The largest absolute Gasteiger partial charge is 0.466 e. The van der Waals surface area contributed by atoms with E-state index in [-0.39, 0.29) is 12.1 Å². The zero-order chi connectivity index (χ0) is 14.0. The fraction of sp³-hybridized carbons (Fsp3) is 0.571. The second kappa shape index (κ2) is 5.57. The molecule has 0 aliphatic heterocycles. The van der Waals surface area contributed by atoms with E-state index in [9.17, 15) is 0 Å². The van der Waals surface area contributed by atoms with Crippen molar-refractivity contribution in [1.29, 1.82) is 0 Å². The highest BCUT2D eigenvalue weighted by atomic mass is 16.5. The van der Waals surface area contributed by atoms with Gasteiger partial charge in [0.1, 0.15) is 11.5 Å².